The van der Waals surface area contributed by atoms with Gasteiger partial charge in [-0.3, -0.25) is 9.69 Å². The second kappa shape index (κ2) is 9.87. The van der Waals surface area contributed by atoms with Crippen molar-refractivity contribution in [2.45, 2.75) is 45.1 Å². The van der Waals surface area contributed by atoms with Crippen LogP contribution in [0.3, 0.4) is 0 Å². The van der Waals surface area contributed by atoms with Gasteiger partial charge in [0.05, 0.1) is 12.0 Å². The Kier molecular flexibility index (Phi) is 7.61. The Morgan fingerprint density at radius 1 is 1.09 bits per heavy atom. The standard InChI is InChI=1S/C24H29ClN2O4.ClH/c1-16(28)23(27-12-10-26(11-13-27)18-6-4-17(25)5-7-18)30-19-8-9-20-21(29)15-24(2,3)31-22(20)14-19;/h4-9,14,16,23,28H,10-13,15H2,1-3H3;1H. The third-order valence-corrected chi connectivity index (χ3v) is 6.01. The first-order chi connectivity index (χ1) is 14.7. The average Bonchev–Trinajstić information content (AvgIpc) is 2.71. The molecule has 1 fully saturated rings. The van der Waals surface area contributed by atoms with Gasteiger partial charge in [0.25, 0.3) is 0 Å². The molecule has 0 amide bonds. The first-order valence-corrected chi connectivity index (χ1v) is 11.1. The summed E-state index contributed by atoms with van der Waals surface area (Å²) in [6.07, 6.45) is -0.816. The van der Waals surface area contributed by atoms with E-state index in [9.17, 15) is 9.90 Å². The number of piperazine rings is 1. The fourth-order valence-corrected chi connectivity index (χ4v) is 4.34. The fraction of sp³-hybridized carbons (Fsp3) is 0.458. The van der Waals surface area contributed by atoms with E-state index in [0.29, 0.717) is 23.5 Å². The number of hydrogen-bond donors (Lipinski definition) is 1. The Morgan fingerprint density at radius 2 is 1.75 bits per heavy atom. The summed E-state index contributed by atoms with van der Waals surface area (Å²) in [6.45, 7) is 8.70. The van der Waals surface area contributed by atoms with Crippen LogP contribution in [0.2, 0.25) is 5.02 Å². The largest absolute Gasteiger partial charge is 0.486 e. The lowest BCUT2D eigenvalue weighted by atomic mass is 9.93. The van der Waals surface area contributed by atoms with E-state index in [1.165, 1.54) is 0 Å². The minimum Gasteiger partial charge on any atom is -0.486 e. The van der Waals surface area contributed by atoms with Crippen LogP contribution in [0.25, 0.3) is 0 Å². The van der Waals surface area contributed by atoms with Crippen LogP contribution < -0.4 is 14.4 Å². The van der Waals surface area contributed by atoms with Crippen LogP contribution in [-0.4, -0.2) is 59.9 Å². The van der Waals surface area contributed by atoms with Gasteiger partial charge in [-0.05, 0) is 57.2 Å². The van der Waals surface area contributed by atoms with Gasteiger partial charge in [0.1, 0.15) is 23.2 Å². The van der Waals surface area contributed by atoms with Crippen LogP contribution in [0.5, 0.6) is 11.5 Å². The Morgan fingerprint density at radius 3 is 2.38 bits per heavy atom. The average molecular weight is 481 g/mol. The molecule has 2 unspecified atom stereocenters. The second-order valence-electron chi connectivity index (χ2n) is 8.87. The summed E-state index contributed by atoms with van der Waals surface area (Å²) in [6, 6.07) is 13.1. The number of halogens is 2. The molecule has 2 aliphatic rings. The molecule has 0 spiro atoms. The molecule has 0 radical (unpaired) electrons. The molecule has 0 saturated carbocycles. The van der Waals surface area contributed by atoms with E-state index in [-0.39, 0.29) is 18.2 Å². The number of carbonyl (C=O) groups is 1. The Labute approximate surface area is 200 Å². The van der Waals surface area contributed by atoms with E-state index in [2.05, 4.69) is 9.80 Å². The molecule has 2 aromatic carbocycles. The van der Waals surface area contributed by atoms with Crippen LogP contribution >= 0.6 is 24.0 Å². The molecule has 0 aliphatic carbocycles. The second-order valence-corrected chi connectivity index (χ2v) is 9.30. The smallest absolute Gasteiger partial charge is 0.178 e. The number of rotatable bonds is 5. The van der Waals surface area contributed by atoms with Crippen molar-refractivity contribution in [3.8, 4) is 11.5 Å². The number of aliphatic hydroxyl groups is 1. The van der Waals surface area contributed by atoms with Gasteiger partial charge in [0.2, 0.25) is 0 Å². The van der Waals surface area contributed by atoms with E-state index < -0.39 is 17.9 Å². The molecule has 4 rings (SSSR count). The molecule has 0 aromatic heterocycles. The SMILES string of the molecule is CC(O)C(Oc1ccc2c(c1)OC(C)(C)CC2=O)N1CCN(c2ccc(Cl)cc2)CC1.Cl. The summed E-state index contributed by atoms with van der Waals surface area (Å²) < 4.78 is 12.2. The topological polar surface area (TPSA) is 62.2 Å². The Hall–Kier alpha value is -1.99. The first kappa shape index (κ1) is 24.6. The number of ketones is 1. The summed E-state index contributed by atoms with van der Waals surface area (Å²) in [5.74, 6) is 1.19. The van der Waals surface area contributed by atoms with Crippen molar-refractivity contribution in [1.82, 2.24) is 4.90 Å². The number of anilines is 1. The number of carbonyl (C=O) groups excluding carboxylic acids is 1. The van der Waals surface area contributed by atoms with Crippen molar-refractivity contribution < 1.29 is 19.4 Å². The monoisotopic (exact) mass is 480 g/mol. The van der Waals surface area contributed by atoms with Crippen LogP contribution in [0.1, 0.15) is 37.6 Å². The van der Waals surface area contributed by atoms with E-state index in [1.54, 1.807) is 25.1 Å². The minimum atomic E-state index is -0.683. The summed E-state index contributed by atoms with van der Waals surface area (Å²) >= 11 is 6.00. The predicted octanol–water partition coefficient (Wildman–Crippen LogP) is 4.41. The highest BCUT2D eigenvalue weighted by Gasteiger charge is 2.33. The van der Waals surface area contributed by atoms with Gasteiger partial charge in [-0.15, -0.1) is 12.4 Å². The normalized spacial score (nSPS) is 19.9. The lowest BCUT2D eigenvalue weighted by Crippen LogP contribution is -2.55. The van der Waals surface area contributed by atoms with Crippen LogP contribution in [0.15, 0.2) is 42.5 Å². The quantitative estimate of drug-likeness (QED) is 0.683. The van der Waals surface area contributed by atoms with E-state index in [4.69, 9.17) is 21.1 Å². The Balaban J connectivity index is 0.00000289. The molecular formula is C24H30Cl2N2O4. The predicted molar refractivity (Wildman–Crippen MR) is 129 cm³/mol. The molecular weight excluding hydrogens is 451 g/mol. The summed E-state index contributed by atoms with van der Waals surface area (Å²) in [5.41, 5.74) is 1.18. The zero-order chi connectivity index (χ0) is 22.2. The molecule has 174 valence electrons. The van der Waals surface area contributed by atoms with Gasteiger partial charge in [0.15, 0.2) is 12.0 Å². The molecule has 1 saturated heterocycles. The third kappa shape index (κ3) is 5.49. The van der Waals surface area contributed by atoms with Gasteiger partial charge < -0.3 is 19.5 Å². The van der Waals surface area contributed by atoms with E-state index >= 15 is 0 Å². The molecule has 0 bridgehead atoms. The van der Waals surface area contributed by atoms with Crippen molar-refractivity contribution in [2.24, 2.45) is 0 Å². The van der Waals surface area contributed by atoms with Crippen molar-refractivity contribution in [1.29, 1.82) is 0 Å². The fourth-order valence-electron chi connectivity index (χ4n) is 4.21. The molecule has 32 heavy (non-hydrogen) atoms. The highest BCUT2D eigenvalue weighted by Crippen LogP contribution is 2.36. The van der Waals surface area contributed by atoms with Gasteiger partial charge in [0, 0.05) is 43.0 Å². The first-order valence-electron chi connectivity index (χ1n) is 10.7. The zero-order valence-corrected chi connectivity index (χ0v) is 20.2. The maximum absolute atomic E-state index is 12.4. The van der Waals surface area contributed by atoms with E-state index in [0.717, 1.165) is 36.9 Å². The number of Topliss-reactive ketones (excluding diaryl/α,β-unsaturated/α-hetero) is 1. The lowest BCUT2D eigenvalue weighted by molar-refractivity contribution is -0.0603. The van der Waals surface area contributed by atoms with E-state index in [1.807, 2.05) is 38.1 Å². The highest BCUT2D eigenvalue weighted by atomic mass is 35.5. The minimum absolute atomic E-state index is 0. The number of fused-ring (bicyclic) bond motifs is 1. The van der Waals surface area contributed by atoms with Crippen molar-refractivity contribution in [3.05, 3.63) is 53.1 Å². The van der Waals surface area contributed by atoms with Gasteiger partial charge >= 0.3 is 0 Å². The maximum atomic E-state index is 12.4. The summed E-state index contributed by atoms with van der Waals surface area (Å²) in [4.78, 5) is 16.8. The van der Waals surface area contributed by atoms with Gasteiger partial charge in [-0.2, -0.15) is 0 Å². The molecule has 6 nitrogen and oxygen atoms in total. The van der Waals surface area contributed by atoms with Crippen molar-refractivity contribution >= 4 is 35.5 Å². The molecule has 2 aromatic rings. The van der Waals surface area contributed by atoms with Crippen LogP contribution in [0, 0.1) is 0 Å². The van der Waals surface area contributed by atoms with Gasteiger partial charge in [-0.1, -0.05) is 11.6 Å². The Bertz CT molecular complexity index is 942. The molecule has 1 N–H and O–H groups in total. The lowest BCUT2D eigenvalue weighted by Gasteiger charge is -2.41. The van der Waals surface area contributed by atoms with Crippen LogP contribution in [0.4, 0.5) is 5.69 Å². The number of aliphatic hydroxyl groups excluding tert-OH is 1. The highest BCUT2D eigenvalue weighted by molar-refractivity contribution is 6.30. The third-order valence-electron chi connectivity index (χ3n) is 5.76. The molecule has 8 heteroatoms. The van der Waals surface area contributed by atoms with Crippen LogP contribution in [-0.2, 0) is 0 Å². The summed E-state index contributed by atoms with van der Waals surface area (Å²) in [5, 5.41) is 11.1. The maximum Gasteiger partial charge on any atom is 0.178 e. The number of nitrogens with zero attached hydrogens (tertiary/aromatic N) is 2. The van der Waals surface area contributed by atoms with Crippen molar-refractivity contribution in [2.75, 3.05) is 31.1 Å². The summed E-state index contributed by atoms with van der Waals surface area (Å²) in [7, 11) is 0. The van der Waals surface area contributed by atoms with Crippen molar-refractivity contribution in [3.63, 3.8) is 0 Å². The molecule has 2 heterocycles. The van der Waals surface area contributed by atoms with Gasteiger partial charge in [-0.25, -0.2) is 0 Å². The molecule has 2 atom stereocenters. The zero-order valence-electron chi connectivity index (χ0n) is 18.6. The number of hydrogen-bond acceptors (Lipinski definition) is 6. The number of ether oxygens (including phenoxy) is 2. The molecule has 2 aliphatic heterocycles. The number of benzene rings is 2.